The molecule has 1 aliphatic heterocycles. The van der Waals surface area contributed by atoms with Crippen molar-refractivity contribution in [3.05, 3.63) is 11.6 Å². The lowest BCUT2D eigenvalue weighted by Crippen LogP contribution is -2.65. The van der Waals surface area contributed by atoms with Crippen molar-refractivity contribution in [1.82, 2.24) is 0 Å². The van der Waals surface area contributed by atoms with Gasteiger partial charge in [0.15, 0.2) is 5.79 Å². The van der Waals surface area contributed by atoms with E-state index in [-0.39, 0.29) is 11.3 Å². The minimum Gasteiger partial charge on any atom is -0.389 e. The van der Waals surface area contributed by atoms with E-state index >= 15 is 0 Å². The summed E-state index contributed by atoms with van der Waals surface area (Å²) in [7, 11) is 0. The van der Waals surface area contributed by atoms with Crippen molar-refractivity contribution in [2.24, 2.45) is 16.7 Å². The highest BCUT2D eigenvalue weighted by Gasteiger charge is 2.68. The summed E-state index contributed by atoms with van der Waals surface area (Å²) in [5.41, 5.74) is -1.33. The summed E-state index contributed by atoms with van der Waals surface area (Å²) in [6, 6.07) is 0. The molecule has 3 saturated carbocycles. The average molecular weight is 358 g/mol. The van der Waals surface area contributed by atoms with Crippen LogP contribution in [-0.2, 0) is 9.47 Å². The van der Waals surface area contributed by atoms with Crippen LogP contribution in [0.1, 0.15) is 64.7 Å². The van der Waals surface area contributed by atoms with E-state index in [1.54, 1.807) is 0 Å². The molecule has 1 spiro atoms. The first-order chi connectivity index (χ1) is 12.3. The van der Waals surface area contributed by atoms with Crippen molar-refractivity contribution < 1.29 is 19.7 Å². The van der Waals surface area contributed by atoms with Gasteiger partial charge >= 0.3 is 0 Å². The van der Waals surface area contributed by atoms with Crippen molar-refractivity contribution in [3.8, 4) is 12.3 Å². The van der Waals surface area contributed by atoms with Gasteiger partial charge in [-0.05, 0) is 50.5 Å². The molecule has 0 aromatic carbocycles. The van der Waals surface area contributed by atoms with Crippen molar-refractivity contribution in [1.29, 1.82) is 0 Å². The molecule has 5 aliphatic rings. The number of allylic oxidation sites excluding steroid dienone is 1. The fourth-order valence-corrected chi connectivity index (χ4v) is 7.17. The molecular weight excluding hydrogens is 328 g/mol. The standard InChI is InChI=1S/C22H30O4/c1-3-19-11-12-21(25-13-14-26-21)15-20(19,23)10-6-17-16(19)5-9-18(2)7-4-8-22(17,18)24/h1,5,17,23-24H,4,6-15H2,2H3/t17-,18+,19-,20-,22+/m1/s1. The van der Waals surface area contributed by atoms with Gasteiger partial charge in [-0.2, -0.15) is 0 Å². The molecule has 0 aromatic rings. The molecule has 0 bridgehead atoms. The van der Waals surface area contributed by atoms with Gasteiger partial charge in [0, 0.05) is 24.2 Å². The number of aliphatic hydroxyl groups is 2. The summed E-state index contributed by atoms with van der Waals surface area (Å²) in [4.78, 5) is 0. The van der Waals surface area contributed by atoms with Gasteiger partial charge in [0.25, 0.3) is 0 Å². The molecule has 1 saturated heterocycles. The molecule has 4 aliphatic carbocycles. The Morgan fingerprint density at radius 2 is 1.88 bits per heavy atom. The van der Waals surface area contributed by atoms with Crippen molar-refractivity contribution in [2.45, 2.75) is 81.7 Å². The molecule has 5 atom stereocenters. The van der Waals surface area contributed by atoms with Crippen molar-refractivity contribution >= 4 is 0 Å². The summed E-state index contributed by atoms with van der Waals surface area (Å²) >= 11 is 0. The van der Waals surface area contributed by atoms with Crippen LogP contribution in [0.5, 0.6) is 0 Å². The second kappa shape index (κ2) is 5.14. The molecule has 5 rings (SSSR count). The number of ether oxygens (including phenoxy) is 2. The minimum atomic E-state index is -1.02. The molecule has 142 valence electrons. The highest BCUT2D eigenvalue weighted by atomic mass is 16.7. The molecule has 2 N–H and O–H groups in total. The minimum absolute atomic E-state index is 0.0556. The third-order valence-corrected chi connectivity index (χ3v) is 8.69. The molecule has 4 heteroatoms. The van der Waals surface area contributed by atoms with E-state index in [2.05, 4.69) is 18.9 Å². The Morgan fingerprint density at radius 3 is 2.62 bits per heavy atom. The molecule has 4 nitrogen and oxygen atoms in total. The van der Waals surface area contributed by atoms with Crippen molar-refractivity contribution in [2.75, 3.05) is 13.2 Å². The summed E-state index contributed by atoms with van der Waals surface area (Å²) < 4.78 is 11.8. The van der Waals surface area contributed by atoms with E-state index in [0.29, 0.717) is 38.9 Å². The van der Waals surface area contributed by atoms with Crippen LogP contribution in [0.2, 0.25) is 0 Å². The van der Waals surface area contributed by atoms with E-state index in [1.807, 2.05) is 0 Å². The lowest BCUT2D eigenvalue weighted by Gasteiger charge is -2.62. The van der Waals surface area contributed by atoms with Crippen molar-refractivity contribution in [3.63, 3.8) is 0 Å². The SMILES string of the molecule is C#C[C@]12CCC3(C[C@]1(O)CC[C@@H]1C2=CC[C@]2(C)CCC[C@]12O)OCCO3. The first kappa shape index (κ1) is 17.3. The number of rotatable bonds is 0. The van der Waals surface area contributed by atoms with Crippen LogP contribution in [0.3, 0.4) is 0 Å². The fourth-order valence-electron chi connectivity index (χ4n) is 7.17. The van der Waals surface area contributed by atoms with Gasteiger partial charge in [0.1, 0.15) is 0 Å². The molecule has 0 unspecified atom stereocenters. The molecular formula is C22H30O4. The Morgan fingerprint density at radius 1 is 1.12 bits per heavy atom. The third kappa shape index (κ3) is 1.86. The summed E-state index contributed by atoms with van der Waals surface area (Å²) in [6.07, 6.45) is 15.4. The first-order valence-electron chi connectivity index (χ1n) is 10.2. The topological polar surface area (TPSA) is 58.9 Å². The number of fused-ring (bicyclic) bond motifs is 5. The van der Waals surface area contributed by atoms with Gasteiger partial charge < -0.3 is 19.7 Å². The maximum atomic E-state index is 11.8. The number of terminal acetylenes is 1. The maximum Gasteiger partial charge on any atom is 0.171 e. The van der Waals surface area contributed by atoms with Crippen LogP contribution in [0, 0.1) is 29.1 Å². The predicted molar refractivity (Wildman–Crippen MR) is 97.0 cm³/mol. The predicted octanol–water partition coefficient (Wildman–Crippen LogP) is 2.93. The van der Waals surface area contributed by atoms with Crippen LogP contribution in [0.25, 0.3) is 0 Å². The van der Waals surface area contributed by atoms with Crippen LogP contribution in [-0.4, -0.2) is 40.4 Å². The Kier molecular flexibility index (Phi) is 3.41. The van der Waals surface area contributed by atoms with Gasteiger partial charge in [0.2, 0.25) is 0 Å². The lowest BCUT2D eigenvalue weighted by atomic mass is 9.45. The van der Waals surface area contributed by atoms with E-state index in [1.165, 1.54) is 0 Å². The van der Waals surface area contributed by atoms with Crippen LogP contribution >= 0.6 is 0 Å². The normalized spacial score (nSPS) is 51.9. The zero-order chi connectivity index (χ0) is 18.3. The van der Waals surface area contributed by atoms with Crippen LogP contribution in [0.4, 0.5) is 0 Å². The largest absolute Gasteiger partial charge is 0.389 e. The molecule has 0 radical (unpaired) electrons. The molecule has 1 heterocycles. The zero-order valence-corrected chi connectivity index (χ0v) is 15.7. The van der Waals surface area contributed by atoms with Gasteiger partial charge in [-0.3, -0.25) is 0 Å². The number of hydrogen-bond acceptors (Lipinski definition) is 4. The van der Waals surface area contributed by atoms with Gasteiger partial charge in [0.05, 0.1) is 29.8 Å². The monoisotopic (exact) mass is 358 g/mol. The molecule has 4 fully saturated rings. The van der Waals surface area contributed by atoms with Crippen LogP contribution < -0.4 is 0 Å². The molecule has 0 aromatic heterocycles. The fraction of sp³-hybridized carbons (Fsp3) is 0.818. The number of hydrogen-bond donors (Lipinski definition) is 2. The quantitative estimate of drug-likeness (QED) is 0.516. The first-order valence-corrected chi connectivity index (χ1v) is 10.2. The highest BCUT2D eigenvalue weighted by molar-refractivity contribution is 5.42. The Balaban J connectivity index is 1.58. The molecule has 26 heavy (non-hydrogen) atoms. The van der Waals surface area contributed by atoms with Gasteiger partial charge in [-0.25, -0.2) is 0 Å². The Bertz CT molecular complexity index is 701. The van der Waals surface area contributed by atoms with Gasteiger partial charge in [-0.15, -0.1) is 6.42 Å². The lowest BCUT2D eigenvalue weighted by molar-refractivity contribution is -0.251. The average Bonchev–Trinajstić information content (AvgIpc) is 3.18. The summed E-state index contributed by atoms with van der Waals surface area (Å²) in [5, 5.41) is 23.5. The highest BCUT2D eigenvalue weighted by Crippen LogP contribution is 2.67. The van der Waals surface area contributed by atoms with Crippen LogP contribution in [0.15, 0.2) is 11.6 Å². The Hall–Kier alpha value is -0.860. The maximum absolute atomic E-state index is 11.8. The van der Waals surface area contributed by atoms with E-state index in [0.717, 1.165) is 37.7 Å². The van der Waals surface area contributed by atoms with E-state index < -0.39 is 22.4 Å². The zero-order valence-electron chi connectivity index (χ0n) is 15.7. The Labute approximate surface area is 155 Å². The second-order valence-corrected chi connectivity index (χ2v) is 9.66. The van der Waals surface area contributed by atoms with E-state index in [4.69, 9.17) is 15.9 Å². The summed E-state index contributed by atoms with van der Waals surface area (Å²) in [5.74, 6) is 2.43. The smallest absolute Gasteiger partial charge is 0.171 e. The van der Waals surface area contributed by atoms with Gasteiger partial charge in [-0.1, -0.05) is 18.9 Å². The summed E-state index contributed by atoms with van der Waals surface area (Å²) in [6.45, 7) is 3.40. The molecule has 0 amide bonds. The van der Waals surface area contributed by atoms with E-state index in [9.17, 15) is 10.2 Å². The third-order valence-electron chi connectivity index (χ3n) is 8.69. The second-order valence-electron chi connectivity index (χ2n) is 9.66.